The molecule has 0 fully saturated rings. The zero-order valence-electron chi connectivity index (χ0n) is 20.6. The van der Waals surface area contributed by atoms with Gasteiger partial charge in [-0.1, -0.05) is 47.5 Å². The number of Topliss-reactive ketones (excluding diaryl/α,β-unsaturated/α-hetero) is 4. The number of hydrogen-bond donors (Lipinski definition) is 2. The van der Waals surface area contributed by atoms with E-state index in [1.54, 1.807) is 39.5 Å². The molecule has 8 nitrogen and oxygen atoms in total. The molecule has 0 unspecified atom stereocenters. The van der Waals surface area contributed by atoms with Gasteiger partial charge in [-0.3, -0.25) is 28.9 Å². The highest BCUT2D eigenvalue weighted by atomic mass is 16.2. The fourth-order valence-corrected chi connectivity index (χ4v) is 3.14. The molecule has 0 bridgehead atoms. The van der Waals surface area contributed by atoms with Crippen molar-refractivity contribution in [2.75, 3.05) is 26.2 Å². The molecule has 0 heterocycles. The molecule has 8 heteroatoms. The van der Waals surface area contributed by atoms with Crippen LogP contribution in [0.5, 0.6) is 0 Å². The second kappa shape index (κ2) is 15.8. The summed E-state index contributed by atoms with van der Waals surface area (Å²) in [7, 11) is 0. The van der Waals surface area contributed by atoms with Crippen LogP contribution < -0.4 is 11.1 Å². The second-order valence-corrected chi connectivity index (χ2v) is 9.41. The molecule has 0 aliphatic heterocycles. The maximum absolute atomic E-state index is 12.2. The van der Waals surface area contributed by atoms with E-state index in [1.807, 2.05) is 0 Å². The van der Waals surface area contributed by atoms with Crippen LogP contribution in [0.1, 0.15) is 86.0 Å². The van der Waals surface area contributed by atoms with Crippen molar-refractivity contribution in [2.45, 2.75) is 92.0 Å². The molecule has 1 atom stereocenters. The molecule has 0 rings (SSSR count). The van der Waals surface area contributed by atoms with Crippen LogP contribution in [-0.2, 0) is 24.0 Å². The van der Waals surface area contributed by atoms with Crippen molar-refractivity contribution in [3.63, 3.8) is 0 Å². The van der Waals surface area contributed by atoms with Gasteiger partial charge in [0.15, 0.2) is 5.78 Å². The van der Waals surface area contributed by atoms with E-state index in [0.717, 1.165) is 12.8 Å². The Morgan fingerprint density at radius 1 is 0.781 bits per heavy atom. The van der Waals surface area contributed by atoms with Gasteiger partial charge in [0, 0.05) is 37.6 Å². The number of nitrogens with two attached hydrogens (primary N) is 1. The first-order chi connectivity index (χ1) is 14.9. The minimum absolute atomic E-state index is 0.0173. The molecular formula is C24H43N3O5. The molecule has 0 aliphatic rings. The molecule has 0 saturated carbocycles. The lowest BCUT2D eigenvalue weighted by Crippen LogP contribution is -2.46. The van der Waals surface area contributed by atoms with Crippen LogP contribution in [0.25, 0.3) is 0 Å². The zero-order chi connectivity index (χ0) is 24.7. The minimum atomic E-state index is -0.704. The molecular weight excluding hydrogens is 410 g/mol. The maximum atomic E-state index is 12.2. The summed E-state index contributed by atoms with van der Waals surface area (Å²) in [6.45, 7) is 9.46. The van der Waals surface area contributed by atoms with Gasteiger partial charge in [-0.15, -0.1) is 0 Å². The van der Waals surface area contributed by atoms with Gasteiger partial charge in [0.25, 0.3) is 0 Å². The van der Waals surface area contributed by atoms with Gasteiger partial charge in [-0.25, -0.2) is 0 Å². The second-order valence-electron chi connectivity index (χ2n) is 9.41. The first kappa shape index (κ1) is 30.1. The van der Waals surface area contributed by atoms with Gasteiger partial charge < -0.3 is 11.1 Å². The van der Waals surface area contributed by atoms with E-state index in [-0.39, 0.29) is 55.2 Å². The Bertz CT molecular complexity index is 622. The Balaban J connectivity index is 4.07. The Morgan fingerprint density at radius 3 is 1.72 bits per heavy atom. The van der Waals surface area contributed by atoms with Crippen molar-refractivity contribution in [2.24, 2.45) is 11.1 Å². The molecule has 0 aromatic heterocycles. The molecule has 32 heavy (non-hydrogen) atoms. The smallest absolute Gasteiger partial charge is 0.220 e. The third-order valence-corrected chi connectivity index (χ3v) is 5.19. The predicted octanol–water partition coefficient (Wildman–Crippen LogP) is 2.22. The number of hydrogen-bond acceptors (Lipinski definition) is 7. The SMILES string of the molecule is CCC(=O)CN(CC(=O)CC)CC(=O)CCCCCCC(=O)NC[C@@H](N)C(=O)C(C)(C)C. The predicted molar refractivity (Wildman–Crippen MR) is 125 cm³/mol. The maximum Gasteiger partial charge on any atom is 0.220 e. The van der Waals surface area contributed by atoms with Crippen LogP contribution in [0.3, 0.4) is 0 Å². The van der Waals surface area contributed by atoms with Crippen LogP contribution in [0, 0.1) is 5.41 Å². The number of rotatable bonds is 18. The highest BCUT2D eigenvalue weighted by Crippen LogP contribution is 2.15. The van der Waals surface area contributed by atoms with E-state index in [4.69, 9.17) is 5.73 Å². The summed E-state index contributed by atoms with van der Waals surface area (Å²) in [5.74, 6) is -0.158. The number of ketones is 4. The topological polar surface area (TPSA) is 127 Å². The first-order valence-corrected chi connectivity index (χ1v) is 11.7. The molecule has 1 amide bonds. The van der Waals surface area contributed by atoms with Crippen LogP contribution in [0.4, 0.5) is 0 Å². The van der Waals surface area contributed by atoms with Crippen molar-refractivity contribution < 1.29 is 24.0 Å². The van der Waals surface area contributed by atoms with Gasteiger partial charge in [-0.05, 0) is 12.8 Å². The number of unbranched alkanes of at least 4 members (excludes halogenated alkanes) is 3. The molecule has 0 aliphatic carbocycles. The van der Waals surface area contributed by atoms with Crippen molar-refractivity contribution in [3.8, 4) is 0 Å². The summed E-state index contributed by atoms with van der Waals surface area (Å²) in [5, 5.41) is 2.71. The quantitative estimate of drug-likeness (QED) is 0.305. The fraction of sp³-hybridized carbons (Fsp3) is 0.792. The Kier molecular flexibility index (Phi) is 14.9. The molecule has 3 N–H and O–H groups in total. The number of nitrogens with zero attached hydrogens (tertiary/aromatic N) is 1. The van der Waals surface area contributed by atoms with Crippen molar-refractivity contribution >= 4 is 29.0 Å². The highest BCUT2D eigenvalue weighted by molar-refractivity contribution is 5.89. The van der Waals surface area contributed by atoms with Gasteiger partial charge >= 0.3 is 0 Å². The summed E-state index contributed by atoms with van der Waals surface area (Å²) < 4.78 is 0. The normalized spacial score (nSPS) is 12.5. The van der Waals surface area contributed by atoms with Gasteiger partial charge in [0.1, 0.15) is 17.3 Å². The lowest BCUT2D eigenvalue weighted by atomic mass is 9.87. The van der Waals surface area contributed by atoms with Gasteiger partial charge in [0.05, 0.1) is 25.7 Å². The number of carbonyl (C=O) groups is 5. The van der Waals surface area contributed by atoms with Crippen LogP contribution in [0.15, 0.2) is 0 Å². The third-order valence-electron chi connectivity index (χ3n) is 5.19. The molecule has 0 radical (unpaired) electrons. The average molecular weight is 454 g/mol. The fourth-order valence-electron chi connectivity index (χ4n) is 3.14. The van der Waals surface area contributed by atoms with E-state index in [9.17, 15) is 24.0 Å². The zero-order valence-corrected chi connectivity index (χ0v) is 20.6. The largest absolute Gasteiger partial charge is 0.354 e. The van der Waals surface area contributed by atoms with Gasteiger partial charge in [0.2, 0.25) is 5.91 Å². The Hall–Kier alpha value is -1.93. The number of nitrogens with one attached hydrogen (secondary N) is 1. The average Bonchev–Trinajstić information content (AvgIpc) is 2.72. The molecule has 0 aromatic rings. The molecule has 0 aromatic carbocycles. The Morgan fingerprint density at radius 2 is 1.25 bits per heavy atom. The molecule has 184 valence electrons. The van der Waals surface area contributed by atoms with E-state index in [1.165, 1.54) is 0 Å². The van der Waals surface area contributed by atoms with Crippen LogP contribution >= 0.6 is 0 Å². The highest BCUT2D eigenvalue weighted by Gasteiger charge is 2.27. The summed E-state index contributed by atoms with van der Waals surface area (Å²) in [5.41, 5.74) is 5.31. The van der Waals surface area contributed by atoms with Crippen molar-refractivity contribution in [1.82, 2.24) is 10.2 Å². The summed E-state index contributed by atoms with van der Waals surface area (Å²) in [6.07, 6.45) is 4.58. The Labute approximate surface area is 193 Å². The molecule has 0 saturated heterocycles. The summed E-state index contributed by atoms with van der Waals surface area (Å²) in [4.78, 5) is 61.2. The minimum Gasteiger partial charge on any atom is -0.354 e. The number of amides is 1. The van der Waals surface area contributed by atoms with Gasteiger partial charge in [-0.2, -0.15) is 0 Å². The first-order valence-electron chi connectivity index (χ1n) is 11.7. The van der Waals surface area contributed by atoms with Crippen LogP contribution in [-0.4, -0.2) is 66.2 Å². The van der Waals surface area contributed by atoms with Crippen LogP contribution in [0.2, 0.25) is 0 Å². The van der Waals surface area contributed by atoms with E-state index >= 15 is 0 Å². The van der Waals surface area contributed by atoms with E-state index in [0.29, 0.717) is 38.5 Å². The monoisotopic (exact) mass is 453 g/mol. The number of carbonyl (C=O) groups excluding carboxylic acids is 5. The molecule has 0 spiro atoms. The lowest BCUT2D eigenvalue weighted by molar-refractivity contribution is -0.128. The lowest BCUT2D eigenvalue weighted by Gasteiger charge is -2.21. The van der Waals surface area contributed by atoms with E-state index < -0.39 is 11.5 Å². The summed E-state index contributed by atoms with van der Waals surface area (Å²) in [6, 6.07) is -0.704. The summed E-state index contributed by atoms with van der Waals surface area (Å²) >= 11 is 0. The standard InChI is InChI=1S/C24H43N3O5/c1-6-18(28)15-27(16-19(29)7-2)17-20(30)12-10-8-9-11-13-22(31)26-14-21(25)23(32)24(3,4)5/h21H,6-17,25H2,1-5H3,(H,26,31)/t21-/m1/s1. The van der Waals surface area contributed by atoms with E-state index in [2.05, 4.69) is 5.32 Å². The van der Waals surface area contributed by atoms with Crippen molar-refractivity contribution in [3.05, 3.63) is 0 Å². The van der Waals surface area contributed by atoms with Crippen molar-refractivity contribution in [1.29, 1.82) is 0 Å². The third kappa shape index (κ3) is 14.2.